The molecule has 0 bridgehead atoms. The van der Waals surface area contributed by atoms with Gasteiger partial charge in [-0.05, 0) is 57.9 Å². The van der Waals surface area contributed by atoms with Crippen LogP contribution in [0.1, 0.15) is 56.8 Å². The molecule has 1 fully saturated rings. The molecule has 1 saturated carbocycles. The van der Waals surface area contributed by atoms with Crippen molar-refractivity contribution >= 4 is 11.7 Å². The number of carbonyl (C=O) groups is 2. The summed E-state index contributed by atoms with van der Waals surface area (Å²) < 4.78 is 5.59. The summed E-state index contributed by atoms with van der Waals surface area (Å²) in [5.74, 6) is 0.681. The molecule has 1 aromatic carbocycles. The number of benzene rings is 1. The van der Waals surface area contributed by atoms with Gasteiger partial charge in [-0.15, -0.1) is 0 Å². The predicted molar refractivity (Wildman–Crippen MR) is 86.2 cm³/mol. The van der Waals surface area contributed by atoms with Crippen molar-refractivity contribution < 1.29 is 14.3 Å². The van der Waals surface area contributed by atoms with Crippen molar-refractivity contribution in [3.8, 4) is 5.75 Å². The third-order valence-electron chi connectivity index (χ3n) is 4.19. The third-order valence-corrected chi connectivity index (χ3v) is 4.19. The molecule has 120 valence electrons. The van der Waals surface area contributed by atoms with Crippen molar-refractivity contribution in [2.75, 3.05) is 6.61 Å². The summed E-state index contributed by atoms with van der Waals surface area (Å²) in [5.41, 5.74) is 0.647. The molecule has 0 aromatic heterocycles. The van der Waals surface area contributed by atoms with Gasteiger partial charge in [-0.25, -0.2) is 0 Å². The first-order valence-corrected chi connectivity index (χ1v) is 8.04. The normalized spacial score (nSPS) is 15.1. The van der Waals surface area contributed by atoms with Crippen LogP contribution in [0.4, 0.5) is 0 Å². The summed E-state index contributed by atoms with van der Waals surface area (Å²) in [7, 11) is 0. The molecule has 1 amide bonds. The van der Waals surface area contributed by atoms with Crippen molar-refractivity contribution in [3.63, 3.8) is 0 Å². The van der Waals surface area contributed by atoms with E-state index in [4.69, 9.17) is 4.74 Å². The van der Waals surface area contributed by atoms with Crippen LogP contribution in [0.5, 0.6) is 5.75 Å². The number of rotatable bonds is 6. The maximum absolute atomic E-state index is 12.5. The first-order valence-electron chi connectivity index (χ1n) is 8.04. The number of hydrogen-bond acceptors (Lipinski definition) is 3. The van der Waals surface area contributed by atoms with E-state index in [1.54, 1.807) is 24.3 Å². The number of ether oxygens (including phenoxy) is 1. The zero-order valence-electron chi connectivity index (χ0n) is 13.7. The fourth-order valence-corrected chi connectivity index (χ4v) is 3.10. The quantitative estimate of drug-likeness (QED) is 0.756. The summed E-state index contributed by atoms with van der Waals surface area (Å²) in [6.07, 6.45) is 4.59. The van der Waals surface area contributed by atoms with E-state index in [0.29, 0.717) is 17.4 Å². The van der Waals surface area contributed by atoms with Crippen molar-refractivity contribution in [2.45, 2.75) is 58.5 Å². The Morgan fingerprint density at radius 3 is 2.27 bits per heavy atom. The molecule has 0 aliphatic heterocycles. The van der Waals surface area contributed by atoms with Crippen LogP contribution in [-0.4, -0.2) is 35.3 Å². The van der Waals surface area contributed by atoms with Crippen LogP contribution < -0.4 is 4.74 Å². The van der Waals surface area contributed by atoms with Gasteiger partial charge in [0.15, 0.2) is 12.4 Å². The molecular formula is C18H25NO3. The van der Waals surface area contributed by atoms with E-state index in [-0.39, 0.29) is 24.3 Å². The Bertz CT molecular complexity index is 516. The maximum Gasteiger partial charge on any atom is 0.260 e. The minimum Gasteiger partial charge on any atom is -0.484 e. The number of ketones is 1. The first-order chi connectivity index (χ1) is 10.5. The highest BCUT2D eigenvalue weighted by atomic mass is 16.5. The summed E-state index contributed by atoms with van der Waals surface area (Å²) in [6, 6.07) is 7.47. The van der Waals surface area contributed by atoms with Gasteiger partial charge in [0.2, 0.25) is 0 Å². The molecular weight excluding hydrogens is 278 g/mol. The minimum absolute atomic E-state index is 0.0230. The van der Waals surface area contributed by atoms with Crippen LogP contribution in [0.3, 0.4) is 0 Å². The Morgan fingerprint density at radius 2 is 1.77 bits per heavy atom. The van der Waals surface area contributed by atoms with E-state index in [9.17, 15) is 9.59 Å². The van der Waals surface area contributed by atoms with E-state index >= 15 is 0 Å². The van der Waals surface area contributed by atoms with Gasteiger partial charge in [0.25, 0.3) is 5.91 Å². The average Bonchev–Trinajstić information content (AvgIpc) is 2.99. The van der Waals surface area contributed by atoms with Gasteiger partial charge in [-0.2, -0.15) is 0 Å². The molecule has 0 atom stereocenters. The molecule has 0 N–H and O–H groups in total. The second kappa shape index (κ2) is 7.43. The molecule has 1 aliphatic rings. The Hall–Kier alpha value is -1.84. The lowest BCUT2D eigenvalue weighted by molar-refractivity contribution is -0.137. The first kappa shape index (κ1) is 16.5. The van der Waals surface area contributed by atoms with Crippen molar-refractivity contribution in [1.82, 2.24) is 4.90 Å². The highest BCUT2D eigenvalue weighted by molar-refractivity contribution is 5.94. The van der Waals surface area contributed by atoms with E-state index in [1.807, 2.05) is 4.90 Å². The number of amides is 1. The van der Waals surface area contributed by atoms with Crippen LogP contribution in [0.15, 0.2) is 24.3 Å². The topological polar surface area (TPSA) is 46.6 Å². The Morgan fingerprint density at radius 1 is 1.18 bits per heavy atom. The summed E-state index contributed by atoms with van der Waals surface area (Å²) >= 11 is 0. The van der Waals surface area contributed by atoms with Gasteiger partial charge in [-0.3, -0.25) is 9.59 Å². The summed E-state index contributed by atoms with van der Waals surface area (Å²) in [6.45, 7) is 5.69. The zero-order chi connectivity index (χ0) is 16.1. The van der Waals surface area contributed by atoms with Gasteiger partial charge in [0.05, 0.1) is 0 Å². The fraction of sp³-hybridized carbons (Fsp3) is 0.556. The molecule has 1 aromatic rings. The van der Waals surface area contributed by atoms with Crippen LogP contribution in [0.25, 0.3) is 0 Å². The summed E-state index contributed by atoms with van der Waals surface area (Å²) in [5, 5.41) is 0. The van der Waals surface area contributed by atoms with Crippen molar-refractivity contribution in [3.05, 3.63) is 29.8 Å². The molecule has 0 spiro atoms. The van der Waals surface area contributed by atoms with E-state index in [1.165, 1.54) is 19.8 Å². The molecule has 22 heavy (non-hydrogen) atoms. The van der Waals surface area contributed by atoms with Gasteiger partial charge in [0, 0.05) is 17.6 Å². The molecule has 0 saturated heterocycles. The molecule has 2 rings (SSSR count). The SMILES string of the molecule is CC(=O)c1ccc(OCC(=O)N(C(C)C)C2CCCC2)cc1. The Balaban J connectivity index is 1.93. The Labute approximate surface area is 132 Å². The monoisotopic (exact) mass is 303 g/mol. The molecule has 0 unspecified atom stereocenters. The van der Waals surface area contributed by atoms with Crippen molar-refractivity contribution in [2.24, 2.45) is 0 Å². The van der Waals surface area contributed by atoms with Gasteiger partial charge in [-0.1, -0.05) is 12.8 Å². The maximum atomic E-state index is 12.5. The largest absolute Gasteiger partial charge is 0.484 e. The molecule has 0 radical (unpaired) electrons. The second-order valence-electron chi connectivity index (χ2n) is 6.20. The number of hydrogen-bond donors (Lipinski definition) is 0. The van der Waals surface area contributed by atoms with Crippen LogP contribution in [0.2, 0.25) is 0 Å². The van der Waals surface area contributed by atoms with E-state index in [2.05, 4.69) is 13.8 Å². The average molecular weight is 303 g/mol. The number of carbonyl (C=O) groups excluding carboxylic acids is 2. The lowest BCUT2D eigenvalue weighted by Crippen LogP contribution is -2.45. The van der Waals surface area contributed by atoms with Gasteiger partial charge in [0.1, 0.15) is 5.75 Å². The predicted octanol–water partition coefficient (Wildman–Crippen LogP) is 3.45. The second-order valence-corrected chi connectivity index (χ2v) is 6.20. The highest BCUT2D eigenvalue weighted by Crippen LogP contribution is 2.25. The van der Waals surface area contributed by atoms with Gasteiger partial charge >= 0.3 is 0 Å². The summed E-state index contributed by atoms with van der Waals surface area (Å²) in [4.78, 5) is 25.7. The molecule has 4 nitrogen and oxygen atoms in total. The van der Waals surface area contributed by atoms with Crippen molar-refractivity contribution in [1.29, 1.82) is 0 Å². The molecule has 0 heterocycles. The van der Waals surface area contributed by atoms with Gasteiger partial charge < -0.3 is 9.64 Å². The van der Waals surface area contributed by atoms with Crippen LogP contribution >= 0.6 is 0 Å². The zero-order valence-corrected chi connectivity index (χ0v) is 13.7. The van der Waals surface area contributed by atoms with Crippen LogP contribution in [-0.2, 0) is 4.79 Å². The standard InChI is InChI=1S/C18H25NO3/c1-13(2)19(16-6-4-5-7-16)18(21)12-22-17-10-8-15(9-11-17)14(3)20/h8-11,13,16H,4-7,12H2,1-3H3. The van der Waals surface area contributed by atoms with E-state index in [0.717, 1.165) is 12.8 Å². The smallest absolute Gasteiger partial charge is 0.260 e. The lowest BCUT2D eigenvalue weighted by Gasteiger charge is -2.32. The number of Topliss-reactive ketones (excluding diaryl/α,β-unsaturated/α-hetero) is 1. The molecule has 4 heteroatoms. The molecule has 1 aliphatic carbocycles. The van der Waals surface area contributed by atoms with Crippen LogP contribution in [0, 0.1) is 0 Å². The lowest BCUT2D eigenvalue weighted by atomic mass is 10.1. The Kier molecular flexibility index (Phi) is 5.58. The number of nitrogens with zero attached hydrogens (tertiary/aromatic N) is 1. The highest BCUT2D eigenvalue weighted by Gasteiger charge is 2.28. The third kappa shape index (κ3) is 4.09. The fourth-order valence-electron chi connectivity index (χ4n) is 3.10. The minimum atomic E-state index is 0.0230. The van der Waals surface area contributed by atoms with E-state index < -0.39 is 0 Å².